The number of aromatic nitrogens is 6. The van der Waals surface area contributed by atoms with Crippen LogP contribution in [-0.4, -0.2) is 115 Å². The number of hydrogen-bond donors (Lipinski definition) is 2. The van der Waals surface area contributed by atoms with Crippen molar-refractivity contribution in [2.45, 2.75) is 83.2 Å². The van der Waals surface area contributed by atoms with Crippen LogP contribution in [-0.2, 0) is 23.9 Å². The molecule has 55 heavy (non-hydrogen) atoms. The van der Waals surface area contributed by atoms with Gasteiger partial charge in [0.25, 0.3) is 11.5 Å². The molecule has 19 heteroatoms. The summed E-state index contributed by atoms with van der Waals surface area (Å²) in [6.45, 7) is 5.48. The third-order valence-electron chi connectivity index (χ3n) is 11.1. The molecule has 1 aromatic carbocycles. The van der Waals surface area contributed by atoms with Crippen molar-refractivity contribution >= 4 is 46.5 Å². The van der Waals surface area contributed by atoms with E-state index in [2.05, 4.69) is 20.4 Å². The fourth-order valence-corrected chi connectivity index (χ4v) is 8.01. The number of hydrogen-bond acceptors (Lipinski definition) is 10. The third-order valence-corrected chi connectivity index (χ3v) is 11.4. The van der Waals surface area contributed by atoms with Crippen LogP contribution in [0.15, 0.2) is 29.2 Å². The van der Waals surface area contributed by atoms with E-state index in [9.17, 15) is 32.7 Å². The number of carbonyl (C=O) groups excluding carboxylic acids is 2. The number of nitrogens with one attached hydrogen (secondary N) is 1. The first-order valence-electron chi connectivity index (χ1n) is 18.6. The van der Waals surface area contributed by atoms with Crippen molar-refractivity contribution in [3.05, 3.63) is 56.6 Å². The highest BCUT2D eigenvalue weighted by Gasteiger charge is 2.36. The van der Waals surface area contributed by atoms with Gasteiger partial charge in [-0.1, -0.05) is 18.5 Å². The van der Waals surface area contributed by atoms with Gasteiger partial charge in [-0.3, -0.25) is 14.4 Å². The van der Waals surface area contributed by atoms with Crippen LogP contribution in [0.2, 0.25) is 5.02 Å². The lowest BCUT2D eigenvalue weighted by molar-refractivity contribution is -0.137. The molecule has 1 aliphatic carbocycles. The topological polar surface area (TPSA) is 149 Å². The summed E-state index contributed by atoms with van der Waals surface area (Å²) >= 11 is 6.17. The van der Waals surface area contributed by atoms with Crippen LogP contribution in [0.4, 0.5) is 30.5 Å². The monoisotopic (exact) mass is 787 g/mol. The Labute approximate surface area is 320 Å². The molecule has 2 N–H and O–H groups in total. The average Bonchev–Trinajstić information content (AvgIpc) is 3.73. The first-order valence-corrected chi connectivity index (χ1v) is 19.0. The summed E-state index contributed by atoms with van der Waals surface area (Å²) in [5.74, 6) is -0.606. The van der Waals surface area contributed by atoms with Gasteiger partial charge in [0, 0.05) is 44.8 Å². The Morgan fingerprint density at radius 3 is 2.40 bits per heavy atom. The highest BCUT2D eigenvalue weighted by molar-refractivity contribution is 6.33. The Bertz CT molecular complexity index is 2150. The molecule has 1 atom stereocenters. The first-order chi connectivity index (χ1) is 26.2. The van der Waals surface area contributed by atoms with Crippen molar-refractivity contribution in [2.75, 3.05) is 61.9 Å². The van der Waals surface area contributed by atoms with E-state index < -0.39 is 23.2 Å². The number of aromatic hydroxyl groups is 1. The molecule has 3 aliphatic rings. The zero-order valence-corrected chi connectivity index (χ0v) is 31.9. The van der Waals surface area contributed by atoms with Crippen LogP contribution in [0.5, 0.6) is 5.88 Å². The highest BCUT2D eigenvalue weighted by Crippen LogP contribution is 2.36. The number of carbonyl (C=O) groups is 2. The van der Waals surface area contributed by atoms with Gasteiger partial charge in [-0.15, -0.1) is 5.10 Å². The smallest absolute Gasteiger partial charge is 0.416 e. The Morgan fingerprint density at radius 1 is 1.07 bits per heavy atom. The Kier molecular flexibility index (Phi) is 10.5. The van der Waals surface area contributed by atoms with Crippen molar-refractivity contribution in [3.63, 3.8) is 0 Å². The van der Waals surface area contributed by atoms with Gasteiger partial charge in [-0.05, 0) is 77.7 Å². The number of anilines is 3. The van der Waals surface area contributed by atoms with E-state index in [0.29, 0.717) is 42.9 Å². The van der Waals surface area contributed by atoms with Gasteiger partial charge < -0.3 is 34.6 Å². The van der Waals surface area contributed by atoms with Crippen molar-refractivity contribution in [1.82, 2.24) is 38.7 Å². The molecule has 5 heterocycles. The molecule has 0 unspecified atom stereocenters. The second kappa shape index (κ2) is 15.0. The van der Waals surface area contributed by atoms with Crippen molar-refractivity contribution in [3.8, 4) is 5.88 Å². The standard InChI is InChI=1S/C36H45ClF3N11O4/c1-5-28-30(47-15-16-48(21(2)19-47)31(53)25-18-41-50(32(25)54)24-7-6-8-24)33(55)51-35(43-34(44-51)46-13-11-23(12-14-46)45(3)4)49(28)20-29(52)42-27-10-9-22(17-26(27)37)36(38,39)40/h9-10,17-18,21,23-24,54H,5-8,11-16,19-20H2,1-4H3,(H,42,52)/t21-/m1/s1. The van der Waals surface area contributed by atoms with E-state index in [-0.39, 0.29) is 72.1 Å². The number of benzene rings is 1. The second-order valence-corrected chi connectivity index (χ2v) is 15.2. The molecule has 1 saturated carbocycles. The second-order valence-electron chi connectivity index (χ2n) is 14.8. The lowest BCUT2D eigenvalue weighted by Crippen LogP contribution is -2.55. The molecule has 0 bridgehead atoms. The number of amides is 2. The number of rotatable bonds is 9. The van der Waals surface area contributed by atoms with Crippen molar-refractivity contribution < 1.29 is 27.9 Å². The SMILES string of the molecule is CCc1c(N2CCN(C(=O)c3cnn(C4CCC4)c3O)[C@H](C)C2)c(=O)n2nc(N3CCC(N(C)C)CC3)nc2n1CC(=O)Nc1ccc(C(F)(F)F)cc1Cl. The van der Waals surface area contributed by atoms with Crippen LogP contribution in [0.3, 0.4) is 0 Å². The van der Waals surface area contributed by atoms with Gasteiger partial charge in [0.2, 0.25) is 23.5 Å². The molecule has 7 rings (SSSR count). The van der Waals surface area contributed by atoms with Crippen molar-refractivity contribution in [1.29, 1.82) is 0 Å². The molecule has 0 radical (unpaired) electrons. The molecule has 3 fully saturated rings. The highest BCUT2D eigenvalue weighted by atomic mass is 35.5. The van der Waals surface area contributed by atoms with E-state index in [1.807, 2.05) is 37.7 Å². The fourth-order valence-electron chi connectivity index (χ4n) is 7.78. The van der Waals surface area contributed by atoms with Gasteiger partial charge in [-0.25, -0.2) is 4.68 Å². The predicted molar refractivity (Wildman–Crippen MR) is 200 cm³/mol. The zero-order valence-electron chi connectivity index (χ0n) is 31.2. The normalized spacial score (nSPS) is 18.7. The van der Waals surface area contributed by atoms with Crippen molar-refractivity contribution in [2.24, 2.45) is 0 Å². The third kappa shape index (κ3) is 7.33. The average molecular weight is 788 g/mol. The summed E-state index contributed by atoms with van der Waals surface area (Å²) < 4.78 is 44.2. The fraction of sp³-hybridized carbons (Fsp3) is 0.556. The number of piperazine rings is 1. The van der Waals surface area contributed by atoms with E-state index in [1.54, 1.807) is 9.47 Å². The van der Waals surface area contributed by atoms with Gasteiger partial charge in [-0.2, -0.15) is 27.8 Å². The lowest BCUT2D eigenvalue weighted by Gasteiger charge is -2.41. The van der Waals surface area contributed by atoms with E-state index in [0.717, 1.165) is 50.3 Å². The van der Waals surface area contributed by atoms with Crippen LogP contribution in [0.1, 0.15) is 73.6 Å². The number of halogens is 4. The number of fused-ring (bicyclic) bond motifs is 1. The molecular formula is C36H45ClF3N11O4. The van der Waals surface area contributed by atoms with Crippen LogP contribution < -0.4 is 20.7 Å². The molecule has 15 nitrogen and oxygen atoms in total. The summed E-state index contributed by atoms with van der Waals surface area (Å²) in [7, 11) is 4.08. The Hall–Kier alpha value is -4.84. The molecule has 2 aliphatic heterocycles. The minimum Gasteiger partial charge on any atom is -0.493 e. The number of piperidine rings is 1. The molecule has 3 aromatic heterocycles. The zero-order chi connectivity index (χ0) is 39.3. The summed E-state index contributed by atoms with van der Waals surface area (Å²) in [6, 6.07) is 2.78. The summed E-state index contributed by atoms with van der Waals surface area (Å²) in [5, 5.41) is 22.2. The van der Waals surface area contributed by atoms with E-state index in [1.165, 1.54) is 15.4 Å². The maximum absolute atomic E-state index is 14.5. The molecule has 0 spiro atoms. The van der Waals surface area contributed by atoms with Gasteiger partial charge >= 0.3 is 6.18 Å². The van der Waals surface area contributed by atoms with Gasteiger partial charge in [0.05, 0.1) is 34.2 Å². The van der Waals surface area contributed by atoms with Crippen LogP contribution in [0, 0.1) is 0 Å². The lowest BCUT2D eigenvalue weighted by atomic mass is 9.93. The summed E-state index contributed by atoms with van der Waals surface area (Å²) in [4.78, 5) is 54.3. The number of nitrogens with zero attached hydrogens (tertiary/aromatic N) is 10. The Morgan fingerprint density at radius 2 is 1.80 bits per heavy atom. The summed E-state index contributed by atoms with van der Waals surface area (Å²) in [5.41, 5.74) is -0.435. The van der Waals surface area contributed by atoms with E-state index in [4.69, 9.17) is 16.6 Å². The molecular weight excluding hydrogens is 743 g/mol. The minimum absolute atomic E-state index is 0.000182. The molecule has 296 valence electrons. The largest absolute Gasteiger partial charge is 0.493 e. The van der Waals surface area contributed by atoms with Gasteiger partial charge in [0.1, 0.15) is 17.8 Å². The molecule has 2 saturated heterocycles. The summed E-state index contributed by atoms with van der Waals surface area (Å²) in [6.07, 6.45) is 1.69. The number of alkyl halides is 3. The molecule has 2 amide bonds. The minimum atomic E-state index is -4.61. The first kappa shape index (κ1) is 38.4. The van der Waals surface area contributed by atoms with Crippen LogP contribution >= 0.6 is 11.6 Å². The quantitative estimate of drug-likeness (QED) is 0.252. The maximum atomic E-state index is 14.5. The maximum Gasteiger partial charge on any atom is 0.416 e. The predicted octanol–water partition coefficient (Wildman–Crippen LogP) is 4.27. The van der Waals surface area contributed by atoms with Crippen LogP contribution in [0.25, 0.3) is 5.78 Å². The molecule has 4 aromatic rings. The Balaban J connectivity index is 1.21. The van der Waals surface area contributed by atoms with E-state index >= 15 is 0 Å². The van der Waals surface area contributed by atoms with Gasteiger partial charge in [0.15, 0.2) is 0 Å².